The van der Waals surface area contributed by atoms with E-state index in [1.54, 1.807) is 9.80 Å². The molecule has 0 radical (unpaired) electrons. The van der Waals surface area contributed by atoms with Crippen LogP contribution >= 0.6 is 24.0 Å². The number of nitrogens with one attached hydrogen (secondary N) is 1. The van der Waals surface area contributed by atoms with E-state index >= 15 is 0 Å². The van der Waals surface area contributed by atoms with E-state index in [9.17, 15) is 14.4 Å². The molecule has 0 aromatic heterocycles. The minimum Gasteiger partial charge on any atom is -0.326 e. The first-order chi connectivity index (χ1) is 13.0. The molecule has 27 heavy (non-hydrogen) atoms. The third-order valence-electron chi connectivity index (χ3n) is 4.66. The van der Waals surface area contributed by atoms with Crippen molar-refractivity contribution in [1.29, 1.82) is 0 Å². The number of thiocarbonyl (C=S) groups is 1. The Morgan fingerprint density at radius 2 is 1.89 bits per heavy atom. The highest BCUT2D eigenvalue weighted by atomic mass is 32.2. The Bertz CT molecular complexity index is 720. The highest BCUT2D eigenvalue weighted by molar-refractivity contribution is 8.23. The minimum atomic E-state index is -0.0247. The Hall–Kier alpha value is -1.93. The lowest BCUT2D eigenvalue weighted by Gasteiger charge is -2.16. The topological polar surface area (TPSA) is 69.7 Å². The van der Waals surface area contributed by atoms with Gasteiger partial charge in [0, 0.05) is 37.3 Å². The maximum absolute atomic E-state index is 12.1. The van der Waals surface area contributed by atoms with Crippen LogP contribution in [0.1, 0.15) is 38.5 Å². The molecule has 2 saturated heterocycles. The molecule has 2 heterocycles. The largest absolute Gasteiger partial charge is 0.326 e. The first kappa shape index (κ1) is 19.8. The first-order valence-electron chi connectivity index (χ1n) is 9.22. The summed E-state index contributed by atoms with van der Waals surface area (Å²) in [5.41, 5.74) is 1.61. The Morgan fingerprint density at radius 3 is 2.52 bits per heavy atom. The van der Waals surface area contributed by atoms with Gasteiger partial charge in [-0.3, -0.25) is 19.3 Å². The number of benzene rings is 1. The van der Waals surface area contributed by atoms with E-state index in [2.05, 4.69) is 5.32 Å². The third kappa shape index (κ3) is 5.29. The average molecular weight is 406 g/mol. The van der Waals surface area contributed by atoms with Gasteiger partial charge < -0.3 is 10.2 Å². The smallest absolute Gasteiger partial charge is 0.238 e. The van der Waals surface area contributed by atoms with E-state index in [-0.39, 0.29) is 17.7 Å². The second kappa shape index (κ2) is 9.32. The van der Waals surface area contributed by atoms with Crippen LogP contribution < -0.4 is 10.2 Å². The number of thioether (sulfide) groups is 1. The van der Waals surface area contributed by atoms with Crippen LogP contribution in [0.3, 0.4) is 0 Å². The summed E-state index contributed by atoms with van der Waals surface area (Å²) in [6.45, 7) is 1.40. The molecule has 2 fully saturated rings. The Labute approximate surface area is 168 Å². The third-order valence-corrected chi connectivity index (χ3v) is 6.09. The van der Waals surface area contributed by atoms with Gasteiger partial charge >= 0.3 is 0 Å². The Balaban J connectivity index is 1.35. The molecule has 2 aliphatic heterocycles. The number of amides is 3. The molecule has 6 nitrogen and oxygen atoms in total. The zero-order valence-electron chi connectivity index (χ0n) is 15.1. The predicted molar refractivity (Wildman–Crippen MR) is 112 cm³/mol. The van der Waals surface area contributed by atoms with Crippen LogP contribution in [-0.2, 0) is 14.4 Å². The van der Waals surface area contributed by atoms with Crippen molar-refractivity contribution >= 4 is 57.4 Å². The number of anilines is 2. The monoisotopic (exact) mass is 405 g/mol. The minimum absolute atomic E-state index is 0.0247. The van der Waals surface area contributed by atoms with Crippen LogP contribution in [0.4, 0.5) is 11.4 Å². The molecule has 3 rings (SSSR count). The van der Waals surface area contributed by atoms with Gasteiger partial charge in [0.1, 0.15) is 4.32 Å². The van der Waals surface area contributed by atoms with Crippen molar-refractivity contribution in [2.75, 3.05) is 29.1 Å². The standard InChI is InChI=1S/C19H23N3O3S2/c23-16(5-2-1-3-11-22-18(25)13-27-19(22)26)20-14-7-9-15(10-8-14)21-12-4-6-17(21)24/h7-10H,1-6,11-13H2,(H,20,23). The summed E-state index contributed by atoms with van der Waals surface area (Å²) in [6.07, 6.45) is 4.44. The molecule has 1 aromatic carbocycles. The van der Waals surface area contributed by atoms with E-state index in [0.29, 0.717) is 29.5 Å². The van der Waals surface area contributed by atoms with Gasteiger partial charge in [0.15, 0.2) is 0 Å². The summed E-state index contributed by atoms with van der Waals surface area (Å²) in [4.78, 5) is 38.9. The van der Waals surface area contributed by atoms with Crippen LogP contribution in [0.15, 0.2) is 24.3 Å². The quantitative estimate of drug-likeness (QED) is 0.531. The number of carbonyl (C=O) groups is 3. The van der Waals surface area contributed by atoms with Crippen molar-refractivity contribution in [2.45, 2.75) is 38.5 Å². The highest BCUT2D eigenvalue weighted by Gasteiger charge is 2.25. The summed E-state index contributed by atoms with van der Waals surface area (Å²) >= 11 is 6.56. The van der Waals surface area contributed by atoms with Crippen molar-refractivity contribution in [2.24, 2.45) is 0 Å². The highest BCUT2D eigenvalue weighted by Crippen LogP contribution is 2.23. The normalized spacial score (nSPS) is 17.1. The summed E-state index contributed by atoms with van der Waals surface area (Å²) in [5.74, 6) is 0.665. The van der Waals surface area contributed by atoms with Crippen molar-refractivity contribution in [1.82, 2.24) is 4.90 Å². The molecule has 0 aliphatic carbocycles. The van der Waals surface area contributed by atoms with E-state index < -0.39 is 0 Å². The lowest BCUT2D eigenvalue weighted by molar-refractivity contribution is -0.124. The molecule has 0 spiro atoms. The molecule has 3 amide bonds. The van der Waals surface area contributed by atoms with Gasteiger partial charge in [0.25, 0.3) is 0 Å². The van der Waals surface area contributed by atoms with Crippen LogP contribution in [-0.4, -0.2) is 45.8 Å². The molecule has 0 atom stereocenters. The Morgan fingerprint density at radius 1 is 1.11 bits per heavy atom. The first-order valence-corrected chi connectivity index (χ1v) is 10.6. The second-order valence-electron chi connectivity index (χ2n) is 6.65. The second-order valence-corrected chi connectivity index (χ2v) is 8.26. The summed E-state index contributed by atoms with van der Waals surface area (Å²) in [6, 6.07) is 7.40. The molecule has 1 aromatic rings. The zero-order chi connectivity index (χ0) is 19.2. The van der Waals surface area contributed by atoms with Crippen molar-refractivity contribution in [3.8, 4) is 0 Å². The summed E-state index contributed by atoms with van der Waals surface area (Å²) in [5, 5.41) is 2.89. The number of nitrogens with zero attached hydrogens (tertiary/aromatic N) is 2. The number of rotatable bonds is 8. The number of hydrogen-bond donors (Lipinski definition) is 1. The fraction of sp³-hybridized carbons (Fsp3) is 0.474. The lowest BCUT2D eigenvalue weighted by atomic mass is 10.1. The van der Waals surface area contributed by atoms with Gasteiger partial charge in [0.05, 0.1) is 5.75 Å². The summed E-state index contributed by atoms with van der Waals surface area (Å²) < 4.78 is 0.664. The Kier molecular flexibility index (Phi) is 6.84. The molecule has 144 valence electrons. The van der Waals surface area contributed by atoms with E-state index in [1.165, 1.54) is 11.8 Å². The molecule has 0 bridgehead atoms. The molecule has 0 saturated carbocycles. The van der Waals surface area contributed by atoms with Gasteiger partial charge in [-0.15, -0.1) is 0 Å². The maximum atomic E-state index is 12.1. The van der Waals surface area contributed by atoms with Gasteiger partial charge in [-0.25, -0.2) is 0 Å². The fourth-order valence-corrected chi connectivity index (χ4v) is 4.32. The molecular formula is C19H23N3O3S2. The predicted octanol–water partition coefficient (Wildman–Crippen LogP) is 3.17. The molecule has 8 heteroatoms. The number of unbranched alkanes of at least 4 members (excludes halogenated alkanes) is 2. The van der Waals surface area contributed by atoms with E-state index in [4.69, 9.17) is 12.2 Å². The zero-order valence-corrected chi connectivity index (χ0v) is 16.7. The van der Waals surface area contributed by atoms with Gasteiger partial charge in [-0.05, 0) is 43.5 Å². The van der Waals surface area contributed by atoms with Crippen molar-refractivity contribution in [3.63, 3.8) is 0 Å². The maximum Gasteiger partial charge on any atom is 0.238 e. The molecule has 1 N–H and O–H groups in total. The van der Waals surface area contributed by atoms with E-state index in [0.717, 1.165) is 43.6 Å². The van der Waals surface area contributed by atoms with Crippen molar-refractivity contribution < 1.29 is 14.4 Å². The van der Waals surface area contributed by atoms with Gasteiger partial charge in [0.2, 0.25) is 17.7 Å². The van der Waals surface area contributed by atoms with Gasteiger partial charge in [-0.1, -0.05) is 30.4 Å². The molecule has 0 unspecified atom stereocenters. The summed E-state index contributed by atoms with van der Waals surface area (Å²) in [7, 11) is 0. The van der Waals surface area contributed by atoms with Crippen LogP contribution in [0.5, 0.6) is 0 Å². The van der Waals surface area contributed by atoms with Crippen LogP contribution in [0, 0.1) is 0 Å². The van der Waals surface area contributed by atoms with Gasteiger partial charge in [-0.2, -0.15) is 0 Å². The SMILES string of the molecule is O=C(CCCCCN1C(=O)CSC1=S)Nc1ccc(N2CCCC2=O)cc1. The van der Waals surface area contributed by atoms with Crippen molar-refractivity contribution in [3.05, 3.63) is 24.3 Å². The number of hydrogen-bond acceptors (Lipinski definition) is 5. The van der Waals surface area contributed by atoms with E-state index in [1.807, 2.05) is 24.3 Å². The molecular weight excluding hydrogens is 382 g/mol. The fourth-order valence-electron chi connectivity index (χ4n) is 3.20. The number of carbonyl (C=O) groups excluding carboxylic acids is 3. The van der Waals surface area contributed by atoms with Crippen LogP contribution in [0.2, 0.25) is 0 Å². The molecule has 2 aliphatic rings. The average Bonchev–Trinajstić information content (AvgIpc) is 3.22. The van der Waals surface area contributed by atoms with Crippen LogP contribution in [0.25, 0.3) is 0 Å². The lowest BCUT2D eigenvalue weighted by Crippen LogP contribution is -2.29.